The second-order valence-corrected chi connectivity index (χ2v) is 6.05. The van der Waals surface area contributed by atoms with Gasteiger partial charge in [0.2, 0.25) is 0 Å². The van der Waals surface area contributed by atoms with Crippen molar-refractivity contribution in [2.45, 2.75) is 13.8 Å². The molecule has 3 aromatic rings. The Hall–Kier alpha value is -2.10. The van der Waals surface area contributed by atoms with E-state index in [9.17, 15) is 13.6 Å². The Balaban J connectivity index is 2.52. The minimum Gasteiger partial charge on any atom is -0.289 e. The maximum atomic E-state index is 12.6. The molecule has 0 aliphatic heterocycles. The van der Waals surface area contributed by atoms with E-state index in [2.05, 4.69) is 9.59 Å². The summed E-state index contributed by atoms with van der Waals surface area (Å²) < 4.78 is 27.9. The van der Waals surface area contributed by atoms with Crippen molar-refractivity contribution in [3.63, 3.8) is 0 Å². The molecular formula is C13H12N4O3S2. The molecule has 1 N–H and O–H groups in total. The Morgan fingerprint density at radius 1 is 1.36 bits per heavy atom. The summed E-state index contributed by atoms with van der Waals surface area (Å²) in [6, 6.07) is 3.36. The van der Waals surface area contributed by atoms with Gasteiger partial charge in [0.15, 0.2) is 0 Å². The third kappa shape index (κ3) is 2.14. The van der Waals surface area contributed by atoms with Gasteiger partial charge in [0, 0.05) is 5.70 Å². The summed E-state index contributed by atoms with van der Waals surface area (Å²) in [5.41, 5.74) is 1.56. The number of allylic oxidation sites excluding steroid dienone is 4. The smallest absolute Gasteiger partial charge is 0.289 e. The highest BCUT2D eigenvalue weighted by molar-refractivity contribution is 7.77. The van der Waals surface area contributed by atoms with Crippen LogP contribution in [0.4, 0.5) is 0 Å². The Kier molecular flexibility index (Phi) is 3.77. The number of hydrogen-bond donors (Lipinski definition) is 1. The lowest BCUT2D eigenvalue weighted by Gasteiger charge is -2.03. The number of hydrogen-bond acceptors (Lipinski definition) is 5. The van der Waals surface area contributed by atoms with Crippen LogP contribution in [-0.4, -0.2) is 26.9 Å². The predicted molar refractivity (Wildman–Crippen MR) is 88.1 cm³/mol. The molecule has 0 spiro atoms. The van der Waals surface area contributed by atoms with Gasteiger partial charge in [0.25, 0.3) is 11.3 Å². The summed E-state index contributed by atoms with van der Waals surface area (Å²) in [7, 11) is 0. The highest BCUT2D eigenvalue weighted by Gasteiger charge is 2.19. The summed E-state index contributed by atoms with van der Waals surface area (Å²) in [6.07, 6.45) is 5.31. The molecule has 1 unspecified atom stereocenters. The van der Waals surface area contributed by atoms with E-state index in [4.69, 9.17) is 0 Å². The van der Waals surface area contributed by atoms with E-state index in [1.807, 2.05) is 6.92 Å². The fraction of sp³-hybridized carbons (Fsp3) is 0.154. The van der Waals surface area contributed by atoms with Gasteiger partial charge < -0.3 is 0 Å². The zero-order valence-corrected chi connectivity index (χ0v) is 13.4. The lowest BCUT2D eigenvalue weighted by Crippen LogP contribution is -2.25. The van der Waals surface area contributed by atoms with Gasteiger partial charge in [-0.2, -0.15) is 3.97 Å². The maximum absolute atomic E-state index is 12.6. The van der Waals surface area contributed by atoms with Crippen molar-refractivity contribution in [3.05, 3.63) is 40.8 Å². The van der Waals surface area contributed by atoms with Crippen LogP contribution in [0.2, 0.25) is 0 Å². The van der Waals surface area contributed by atoms with Crippen LogP contribution in [0.3, 0.4) is 0 Å². The Bertz CT molecular complexity index is 1010. The normalized spacial score (nSPS) is 14.4. The SMILES string of the molecule is C/C=C\C(=C/C)n1c(=O)n(S(=O)O)c2cc3snnc3cc21. The van der Waals surface area contributed by atoms with Crippen molar-refractivity contribution in [2.24, 2.45) is 0 Å². The molecule has 0 saturated heterocycles. The van der Waals surface area contributed by atoms with Crippen LogP contribution in [0.25, 0.3) is 26.9 Å². The summed E-state index contributed by atoms with van der Waals surface area (Å²) in [5, 5.41) is 3.99. The van der Waals surface area contributed by atoms with Crippen molar-refractivity contribution in [1.82, 2.24) is 18.1 Å². The Morgan fingerprint density at radius 3 is 2.77 bits per heavy atom. The fourth-order valence-electron chi connectivity index (χ4n) is 2.32. The standard InChI is InChI=1S/C13H12N4O3S2/c1-3-5-8(4-2)16-10-6-9-12(21-15-14-9)7-11(10)17(13(16)18)22(19)20/h3-7H,1-2H3,(H,19,20)/b5-3-,8-4+. The van der Waals surface area contributed by atoms with Gasteiger partial charge in [-0.05, 0) is 43.6 Å². The molecule has 114 valence electrons. The van der Waals surface area contributed by atoms with E-state index in [0.29, 0.717) is 22.2 Å². The summed E-state index contributed by atoms with van der Waals surface area (Å²) in [5.74, 6) is 0. The molecule has 7 nitrogen and oxygen atoms in total. The number of aromatic nitrogens is 4. The minimum absolute atomic E-state index is 0.369. The highest BCUT2D eigenvalue weighted by atomic mass is 32.2. The maximum Gasteiger partial charge on any atom is 0.347 e. The van der Waals surface area contributed by atoms with Crippen LogP contribution in [-0.2, 0) is 11.3 Å². The van der Waals surface area contributed by atoms with Gasteiger partial charge in [-0.1, -0.05) is 16.6 Å². The van der Waals surface area contributed by atoms with E-state index in [-0.39, 0.29) is 0 Å². The topological polar surface area (TPSA) is 90.0 Å². The zero-order valence-electron chi connectivity index (χ0n) is 11.8. The van der Waals surface area contributed by atoms with Crippen molar-refractivity contribution in [1.29, 1.82) is 0 Å². The fourth-order valence-corrected chi connectivity index (χ4v) is 3.42. The minimum atomic E-state index is -2.45. The second kappa shape index (κ2) is 5.59. The molecule has 0 radical (unpaired) electrons. The molecule has 9 heteroatoms. The molecule has 0 amide bonds. The van der Waals surface area contributed by atoms with E-state index in [1.54, 1.807) is 37.3 Å². The van der Waals surface area contributed by atoms with Crippen molar-refractivity contribution in [3.8, 4) is 0 Å². The molecule has 3 rings (SSSR count). The number of nitrogens with zero attached hydrogens (tertiary/aromatic N) is 4. The molecule has 0 bridgehead atoms. The van der Waals surface area contributed by atoms with Gasteiger partial charge >= 0.3 is 5.69 Å². The number of rotatable bonds is 3. The van der Waals surface area contributed by atoms with Crippen LogP contribution in [0.15, 0.2) is 35.2 Å². The third-order valence-corrected chi connectivity index (χ3v) is 4.57. The van der Waals surface area contributed by atoms with Crippen LogP contribution in [0, 0.1) is 0 Å². The Labute approximate surface area is 131 Å². The van der Waals surface area contributed by atoms with E-state index in [1.165, 1.54) is 16.1 Å². The summed E-state index contributed by atoms with van der Waals surface area (Å²) in [6.45, 7) is 3.63. The van der Waals surface area contributed by atoms with Crippen LogP contribution < -0.4 is 5.69 Å². The quantitative estimate of drug-likeness (QED) is 0.585. The van der Waals surface area contributed by atoms with Crippen molar-refractivity contribution >= 4 is 49.7 Å². The van der Waals surface area contributed by atoms with Crippen LogP contribution >= 0.6 is 11.5 Å². The van der Waals surface area contributed by atoms with Crippen LogP contribution in [0.1, 0.15) is 13.8 Å². The van der Waals surface area contributed by atoms with E-state index >= 15 is 0 Å². The average Bonchev–Trinajstić information content (AvgIpc) is 3.03. The molecule has 0 aliphatic rings. The van der Waals surface area contributed by atoms with Gasteiger partial charge in [-0.25, -0.2) is 9.00 Å². The van der Waals surface area contributed by atoms with Gasteiger partial charge in [-0.3, -0.25) is 9.12 Å². The first-order valence-corrected chi connectivity index (χ1v) is 8.22. The molecular weight excluding hydrogens is 324 g/mol. The van der Waals surface area contributed by atoms with E-state index in [0.717, 1.165) is 8.67 Å². The molecule has 22 heavy (non-hydrogen) atoms. The zero-order chi connectivity index (χ0) is 15.9. The summed E-state index contributed by atoms with van der Waals surface area (Å²) >= 11 is -1.28. The molecule has 0 saturated carbocycles. The van der Waals surface area contributed by atoms with E-state index < -0.39 is 17.0 Å². The molecule has 1 aromatic carbocycles. The average molecular weight is 336 g/mol. The van der Waals surface area contributed by atoms with Gasteiger partial charge in [0.05, 0.1) is 15.7 Å². The molecule has 2 aromatic heterocycles. The van der Waals surface area contributed by atoms with Crippen molar-refractivity contribution < 1.29 is 8.76 Å². The lowest BCUT2D eigenvalue weighted by molar-refractivity contribution is 0.554. The first-order valence-electron chi connectivity index (χ1n) is 6.38. The third-order valence-electron chi connectivity index (χ3n) is 3.22. The first kappa shape index (κ1) is 14.8. The molecule has 2 heterocycles. The van der Waals surface area contributed by atoms with Gasteiger partial charge in [-0.15, -0.1) is 5.10 Å². The second-order valence-electron chi connectivity index (χ2n) is 4.44. The van der Waals surface area contributed by atoms with Gasteiger partial charge in [0.1, 0.15) is 5.52 Å². The molecule has 0 aliphatic carbocycles. The summed E-state index contributed by atoms with van der Waals surface area (Å²) in [4.78, 5) is 12.6. The number of fused-ring (bicyclic) bond motifs is 2. The van der Waals surface area contributed by atoms with Crippen LogP contribution in [0.5, 0.6) is 0 Å². The largest absolute Gasteiger partial charge is 0.347 e. The molecule has 0 fully saturated rings. The number of benzene rings is 1. The predicted octanol–water partition coefficient (Wildman–Crippen LogP) is 2.23. The first-order chi connectivity index (χ1) is 10.6. The molecule has 1 atom stereocenters. The monoisotopic (exact) mass is 336 g/mol. The highest BCUT2D eigenvalue weighted by Crippen LogP contribution is 2.25. The number of imidazole rings is 1. The lowest BCUT2D eigenvalue weighted by atomic mass is 10.2. The Morgan fingerprint density at radius 2 is 2.14 bits per heavy atom. The van der Waals surface area contributed by atoms with Crippen molar-refractivity contribution in [2.75, 3.05) is 0 Å².